The summed E-state index contributed by atoms with van der Waals surface area (Å²) in [6.07, 6.45) is 0. The van der Waals surface area contributed by atoms with Crippen LogP contribution in [0.3, 0.4) is 0 Å². The number of benzene rings is 1. The van der Waals surface area contributed by atoms with Crippen molar-refractivity contribution < 1.29 is 26.7 Å². The molecule has 0 bridgehead atoms. The molecule has 200 valence electrons. The van der Waals surface area contributed by atoms with Gasteiger partial charge in [0.1, 0.15) is 17.2 Å². The van der Waals surface area contributed by atoms with E-state index in [1.807, 2.05) is 58.9 Å². The number of aliphatic imine (C=N–C) groups is 1. The lowest BCUT2D eigenvalue weighted by atomic mass is 9.95. The van der Waals surface area contributed by atoms with Crippen molar-refractivity contribution in [3.8, 4) is 6.07 Å². The normalized spacial score (nSPS) is 21.8. The first-order valence-corrected chi connectivity index (χ1v) is 12.7. The van der Waals surface area contributed by atoms with E-state index < -0.39 is 11.3 Å². The largest absolute Gasteiger partial charge is 0.478 e. The zero-order valence-electron chi connectivity index (χ0n) is 21.6. The average molecular weight is 522 g/mol. The van der Waals surface area contributed by atoms with Crippen molar-refractivity contribution in [2.75, 3.05) is 37.4 Å². The maximum Gasteiger partial charge on any atom is 0.292 e. The minimum absolute atomic E-state index is 0. The lowest BCUT2D eigenvalue weighted by Crippen LogP contribution is -2.41. The Bertz CT molecular complexity index is 1010. The average Bonchev–Trinajstić information content (AvgIpc) is 3.40. The van der Waals surface area contributed by atoms with Crippen LogP contribution in [0, 0.1) is 22.7 Å². The molecule has 4 unspecified atom stereocenters. The van der Waals surface area contributed by atoms with Gasteiger partial charge in [0.05, 0.1) is 19.2 Å². The molecular formula is C25H39N5O5S. The Labute approximate surface area is 219 Å². The molecule has 10 nitrogen and oxygen atoms in total. The third-order valence-corrected chi connectivity index (χ3v) is 6.91. The van der Waals surface area contributed by atoms with Crippen molar-refractivity contribution >= 4 is 47.3 Å². The van der Waals surface area contributed by atoms with Gasteiger partial charge in [-0.05, 0) is 32.0 Å². The third-order valence-electron chi connectivity index (χ3n) is 5.41. The molecule has 11 heteroatoms. The number of hydrogen-bond donors (Lipinski definition) is 2. The fraction of sp³-hybridized carbons (Fsp3) is 0.560. The van der Waals surface area contributed by atoms with Crippen LogP contribution in [0.4, 0.5) is 11.4 Å². The summed E-state index contributed by atoms with van der Waals surface area (Å²) < 4.78 is 9.48. The second kappa shape index (κ2) is 13.2. The number of carbonyl (C=O) groups excluding carboxylic acids is 3. The van der Waals surface area contributed by atoms with Crippen LogP contribution in [0.25, 0.3) is 0 Å². The van der Waals surface area contributed by atoms with Crippen LogP contribution < -0.4 is 10.6 Å². The van der Waals surface area contributed by atoms with Crippen molar-refractivity contribution in [2.24, 2.45) is 16.3 Å². The number of carbonyl (C=O) groups is 3. The number of nitrogens with zero attached hydrogens (tertiary/aromatic N) is 3. The molecule has 0 aliphatic carbocycles. The molecule has 0 saturated carbocycles. The van der Waals surface area contributed by atoms with E-state index in [1.54, 1.807) is 4.90 Å². The Kier molecular flexibility index (Phi) is 10.6. The summed E-state index contributed by atoms with van der Waals surface area (Å²) in [6.45, 7) is 11.2. The lowest BCUT2D eigenvalue weighted by molar-refractivity contribution is -0.129. The number of thioether (sulfide) groups is 1. The van der Waals surface area contributed by atoms with Crippen LogP contribution in [0.2, 0.25) is 0 Å². The summed E-state index contributed by atoms with van der Waals surface area (Å²) in [5.41, 5.74) is 1.02. The summed E-state index contributed by atoms with van der Waals surface area (Å²) in [6, 6.07) is 9.76. The fourth-order valence-electron chi connectivity index (χ4n) is 3.48. The smallest absolute Gasteiger partial charge is 0.292 e. The van der Waals surface area contributed by atoms with E-state index in [-0.39, 0.29) is 31.3 Å². The van der Waals surface area contributed by atoms with Crippen molar-refractivity contribution in [2.45, 2.75) is 51.3 Å². The molecule has 1 saturated heterocycles. The van der Waals surface area contributed by atoms with E-state index in [2.05, 4.69) is 26.4 Å². The molecule has 2 aliphatic rings. The van der Waals surface area contributed by atoms with Gasteiger partial charge in [0, 0.05) is 32.7 Å². The Morgan fingerprint density at radius 3 is 2.64 bits per heavy atom. The summed E-state index contributed by atoms with van der Waals surface area (Å²) in [7, 11) is 1.31. The summed E-state index contributed by atoms with van der Waals surface area (Å²) in [5, 5.41) is 15.3. The molecule has 2 aliphatic heterocycles. The van der Waals surface area contributed by atoms with E-state index in [4.69, 9.17) is 9.53 Å². The van der Waals surface area contributed by atoms with Crippen molar-refractivity contribution in [3.05, 3.63) is 24.3 Å². The predicted molar refractivity (Wildman–Crippen MR) is 145 cm³/mol. The molecule has 2 amide bonds. The topological polar surface area (TPSA) is 133 Å². The molecule has 1 aromatic carbocycles. The molecule has 3 rings (SSSR count). The standard InChI is InChI=1S/C23H31N5O3S.C2H4O2.2H2/c1-6-28-20(29)18(32-21(28)17(11-24)19-26-14(2)13-31-19)12-25-15-8-7-9-16(10-15)27-22(30)23(3,4)5;1-4-2-3;;/h7-10,14,17-18,21,25H,6,12-13H2,1-5H3,(H,27,30);2H,1H3;2*1H. The highest BCUT2D eigenvalue weighted by molar-refractivity contribution is 8.01. The van der Waals surface area contributed by atoms with Gasteiger partial charge in [-0.2, -0.15) is 5.26 Å². The molecule has 0 aromatic heterocycles. The Balaban J connectivity index is 0.00000213. The second-order valence-corrected chi connectivity index (χ2v) is 10.7. The molecule has 2 heterocycles. The molecule has 36 heavy (non-hydrogen) atoms. The van der Waals surface area contributed by atoms with Crippen molar-refractivity contribution in [3.63, 3.8) is 0 Å². The summed E-state index contributed by atoms with van der Waals surface area (Å²) in [5.74, 6) is -0.222. The number of ether oxygens (including phenoxy) is 2. The van der Waals surface area contributed by atoms with E-state index in [0.717, 1.165) is 5.69 Å². The first kappa shape index (κ1) is 29.0. The zero-order valence-corrected chi connectivity index (χ0v) is 22.4. The van der Waals surface area contributed by atoms with Gasteiger partial charge in [0.25, 0.3) is 6.47 Å². The van der Waals surface area contributed by atoms with Crippen molar-refractivity contribution in [1.82, 2.24) is 4.90 Å². The molecule has 0 radical (unpaired) electrons. The zero-order chi connectivity index (χ0) is 26.9. The maximum absolute atomic E-state index is 13.0. The van der Waals surface area contributed by atoms with Crippen LogP contribution in [0.5, 0.6) is 0 Å². The predicted octanol–water partition coefficient (Wildman–Crippen LogP) is 3.61. The van der Waals surface area contributed by atoms with Gasteiger partial charge in [-0.25, -0.2) is 4.99 Å². The first-order chi connectivity index (χ1) is 17.0. The highest BCUT2D eigenvalue weighted by Gasteiger charge is 2.46. The highest BCUT2D eigenvalue weighted by Crippen LogP contribution is 2.37. The third kappa shape index (κ3) is 7.62. The Morgan fingerprint density at radius 1 is 1.44 bits per heavy atom. The summed E-state index contributed by atoms with van der Waals surface area (Å²) in [4.78, 5) is 40.4. The van der Waals surface area contributed by atoms with E-state index in [9.17, 15) is 14.9 Å². The molecule has 0 spiro atoms. The van der Waals surface area contributed by atoms with Gasteiger partial charge in [-0.1, -0.05) is 26.8 Å². The molecule has 2 N–H and O–H groups in total. The van der Waals surface area contributed by atoms with Gasteiger partial charge >= 0.3 is 0 Å². The van der Waals surface area contributed by atoms with Crippen molar-refractivity contribution in [1.29, 1.82) is 5.26 Å². The van der Waals surface area contributed by atoms with Crippen LogP contribution in [-0.2, 0) is 23.9 Å². The second-order valence-electron chi connectivity index (χ2n) is 9.37. The molecule has 4 atom stereocenters. The van der Waals surface area contributed by atoms with Crippen LogP contribution in [0.1, 0.15) is 37.5 Å². The number of anilines is 2. The number of methoxy groups -OCH3 is 1. The SMILES string of the molecule is CCN1C(=O)C(CNc2cccc(NC(=O)C(C)(C)C)c2)SC1C(C#N)C1=NC(C)CO1.COC=O.[HH].[HH]. The first-order valence-electron chi connectivity index (χ1n) is 11.7. The number of nitrogens with one attached hydrogen (secondary N) is 2. The quantitative estimate of drug-likeness (QED) is 0.496. The Hall–Kier alpha value is -3.26. The minimum Gasteiger partial charge on any atom is -0.478 e. The summed E-state index contributed by atoms with van der Waals surface area (Å²) >= 11 is 1.47. The fourth-order valence-corrected chi connectivity index (χ4v) is 4.99. The number of hydrogen-bond acceptors (Lipinski definition) is 9. The van der Waals surface area contributed by atoms with Crippen LogP contribution in [0.15, 0.2) is 29.3 Å². The molecular weight excluding hydrogens is 482 g/mol. The van der Waals surface area contributed by atoms with Gasteiger partial charge < -0.3 is 25.0 Å². The van der Waals surface area contributed by atoms with Gasteiger partial charge in [-0.15, -0.1) is 11.8 Å². The number of amides is 2. The van der Waals surface area contributed by atoms with Crippen LogP contribution >= 0.6 is 11.8 Å². The van der Waals surface area contributed by atoms with E-state index >= 15 is 0 Å². The van der Waals surface area contributed by atoms with Gasteiger partial charge in [0.15, 0.2) is 5.92 Å². The maximum atomic E-state index is 13.0. The molecule has 1 aromatic rings. The van der Waals surface area contributed by atoms with E-state index in [1.165, 1.54) is 18.9 Å². The minimum atomic E-state index is -0.588. The highest BCUT2D eigenvalue weighted by atomic mass is 32.2. The lowest BCUT2D eigenvalue weighted by Gasteiger charge is -2.25. The van der Waals surface area contributed by atoms with E-state index in [0.29, 0.717) is 37.8 Å². The molecule has 1 fully saturated rings. The van der Waals surface area contributed by atoms with Gasteiger partial charge in [0.2, 0.25) is 17.7 Å². The monoisotopic (exact) mass is 521 g/mol. The number of nitriles is 1. The Morgan fingerprint density at radius 2 is 2.11 bits per heavy atom. The van der Waals surface area contributed by atoms with Crippen LogP contribution in [-0.4, -0.2) is 72.6 Å². The van der Waals surface area contributed by atoms with Gasteiger partial charge in [-0.3, -0.25) is 14.4 Å². The number of rotatable bonds is 8.